The first-order valence-electron chi connectivity index (χ1n) is 10.8. The Morgan fingerprint density at radius 1 is 1.15 bits per heavy atom. The van der Waals surface area contributed by atoms with E-state index < -0.39 is 23.9 Å². The maximum Gasteiger partial charge on any atom is 0.298 e. The molecule has 0 bridgehead atoms. The molecule has 34 heavy (non-hydrogen) atoms. The van der Waals surface area contributed by atoms with Crippen LogP contribution < -0.4 is 14.8 Å². The topological polar surface area (TPSA) is 85.7 Å². The van der Waals surface area contributed by atoms with Crippen molar-refractivity contribution in [1.29, 1.82) is 0 Å². The molecule has 1 fully saturated rings. The fourth-order valence-corrected chi connectivity index (χ4v) is 3.68. The highest BCUT2D eigenvalue weighted by Crippen LogP contribution is 2.41. The van der Waals surface area contributed by atoms with Crippen LogP contribution in [0, 0.1) is 12.7 Å². The van der Waals surface area contributed by atoms with Gasteiger partial charge in [0.1, 0.15) is 36.3 Å². The summed E-state index contributed by atoms with van der Waals surface area (Å²) in [4.78, 5) is 8.85. The summed E-state index contributed by atoms with van der Waals surface area (Å²) in [5, 5.41) is 12.5. The van der Waals surface area contributed by atoms with Crippen molar-refractivity contribution in [3.05, 3.63) is 53.1 Å². The van der Waals surface area contributed by atoms with Gasteiger partial charge < -0.3 is 24.6 Å². The number of ether oxygens (including phenoxy) is 3. The lowest BCUT2D eigenvalue weighted by Gasteiger charge is -2.18. The van der Waals surface area contributed by atoms with Gasteiger partial charge in [-0.1, -0.05) is 12.1 Å². The molecule has 1 heterocycles. The second-order valence-electron chi connectivity index (χ2n) is 8.31. The average molecular weight is 477 g/mol. The van der Waals surface area contributed by atoms with E-state index in [1.165, 1.54) is 19.2 Å². The molecule has 0 radical (unpaired) electrons. The highest BCUT2D eigenvalue weighted by atomic mass is 19.3. The van der Waals surface area contributed by atoms with Gasteiger partial charge in [-0.3, -0.25) is 0 Å². The maximum atomic E-state index is 14.8. The Hall–Kier alpha value is -3.11. The molecule has 0 aliphatic heterocycles. The van der Waals surface area contributed by atoms with Gasteiger partial charge in [-0.25, -0.2) is 14.4 Å². The molecule has 2 N–H and O–H groups in total. The van der Waals surface area contributed by atoms with E-state index in [1.807, 2.05) is 0 Å². The number of aryl methyl sites for hydroxylation is 1. The second kappa shape index (κ2) is 9.27. The Bertz CT molecular complexity index is 1200. The summed E-state index contributed by atoms with van der Waals surface area (Å²) in [6.45, 7) is 0.477. The highest BCUT2D eigenvalue weighted by molar-refractivity contribution is 5.91. The van der Waals surface area contributed by atoms with Gasteiger partial charge in [0.2, 0.25) is 0 Å². The SMILES string of the molecule is COc1cc2nc(C)nc(NCc3cccc(C(F)(F)CO)c3F)c2cc1OCC1(OC)CC1. The molecule has 3 aromatic rings. The zero-order valence-corrected chi connectivity index (χ0v) is 19.1. The summed E-state index contributed by atoms with van der Waals surface area (Å²) in [5.41, 5.74) is -0.557. The Kier molecular flexibility index (Phi) is 6.55. The van der Waals surface area contributed by atoms with Crippen LogP contribution in [0.1, 0.15) is 29.8 Å². The zero-order chi connectivity index (χ0) is 24.5. The van der Waals surface area contributed by atoms with Crippen LogP contribution in [0.5, 0.6) is 11.5 Å². The minimum atomic E-state index is -3.68. The summed E-state index contributed by atoms with van der Waals surface area (Å²) < 4.78 is 59.5. The molecule has 0 unspecified atom stereocenters. The van der Waals surface area contributed by atoms with E-state index in [1.54, 1.807) is 26.2 Å². The molecule has 2 aromatic carbocycles. The monoisotopic (exact) mass is 477 g/mol. The number of alkyl halides is 2. The lowest BCUT2D eigenvalue weighted by molar-refractivity contribution is -0.0583. The maximum absolute atomic E-state index is 14.8. The summed E-state index contributed by atoms with van der Waals surface area (Å²) in [7, 11) is 3.18. The van der Waals surface area contributed by atoms with Crippen LogP contribution in [0.2, 0.25) is 0 Å². The van der Waals surface area contributed by atoms with Gasteiger partial charge in [-0.05, 0) is 31.9 Å². The fourth-order valence-electron chi connectivity index (χ4n) is 3.68. The van der Waals surface area contributed by atoms with Crippen LogP contribution in [0.25, 0.3) is 10.9 Å². The molecule has 0 saturated heterocycles. The van der Waals surface area contributed by atoms with E-state index in [4.69, 9.17) is 19.3 Å². The zero-order valence-electron chi connectivity index (χ0n) is 19.1. The molecule has 1 aromatic heterocycles. The second-order valence-corrected chi connectivity index (χ2v) is 8.31. The Balaban J connectivity index is 1.65. The first-order valence-corrected chi connectivity index (χ1v) is 10.8. The third kappa shape index (κ3) is 4.74. The van der Waals surface area contributed by atoms with Gasteiger partial charge in [0.05, 0.1) is 18.2 Å². The van der Waals surface area contributed by atoms with Crippen LogP contribution in [-0.4, -0.2) is 48.1 Å². The van der Waals surface area contributed by atoms with Crippen LogP contribution in [0.3, 0.4) is 0 Å². The van der Waals surface area contributed by atoms with E-state index in [0.717, 1.165) is 18.9 Å². The van der Waals surface area contributed by atoms with Crippen molar-refractivity contribution < 1.29 is 32.5 Å². The van der Waals surface area contributed by atoms with Crippen LogP contribution in [0.15, 0.2) is 30.3 Å². The van der Waals surface area contributed by atoms with E-state index >= 15 is 0 Å². The minimum absolute atomic E-state index is 0.01000. The molecule has 0 spiro atoms. The number of benzene rings is 2. The molecule has 0 atom stereocenters. The number of hydrogen-bond acceptors (Lipinski definition) is 7. The molecule has 10 heteroatoms. The Morgan fingerprint density at radius 2 is 1.91 bits per heavy atom. The van der Waals surface area contributed by atoms with E-state index in [9.17, 15) is 13.2 Å². The molecule has 1 aliphatic rings. The minimum Gasteiger partial charge on any atom is -0.493 e. The Morgan fingerprint density at radius 3 is 2.56 bits per heavy atom. The van der Waals surface area contributed by atoms with Gasteiger partial charge in [-0.15, -0.1) is 0 Å². The lowest BCUT2D eigenvalue weighted by Crippen LogP contribution is -2.21. The van der Waals surface area contributed by atoms with Crippen molar-refractivity contribution in [3.63, 3.8) is 0 Å². The van der Waals surface area contributed by atoms with Crippen molar-refractivity contribution in [1.82, 2.24) is 9.97 Å². The summed E-state index contributed by atoms with van der Waals surface area (Å²) in [6.07, 6.45) is 1.82. The quantitative estimate of drug-likeness (QED) is 0.449. The first kappa shape index (κ1) is 24.0. The van der Waals surface area contributed by atoms with Crippen molar-refractivity contribution in [2.45, 2.75) is 37.8 Å². The molecule has 1 aliphatic carbocycles. The van der Waals surface area contributed by atoms with Crippen molar-refractivity contribution >= 4 is 16.7 Å². The van der Waals surface area contributed by atoms with E-state index in [-0.39, 0.29) is 17.7 Å². The lowest BCUT2D eigenvalue weighted by atomic mass is 10.0. The highest BCUT2D eigenvalue weighted by Gasteiger charge is 2.44. The van der Waals surface area contributed by atoms with Gasteiger partial charge >= 0.3 is 0 Å². The number of methoxy groups -OCH3 is 2. The molecular formula is C24H26F3N3O4. The third-order valence-corrected chi connectivity index (χ3v) is 5.94. The number of aliphatic hydroxyl groups is 1. The van der Waals surface area contributed by atoms with Crippen molar-refractivity contribution in [3.8, 4) is 11.5 Å². The predicted octanol–water partition coefficient (Wildman–Crippen LogP) is 4.34. The molecule has 182 valence electrons. The van der Waals surface area contributed by atoms with Crippen LogP contribution >= 0.6 is 0 Å². The van der Waals surface area contributed by atoms with E-state index in [0.29, 0.717) is 40.7 Å². The third-order valence-electron chi connectivity index (χ3n) is 5.94. The van der Waals surface area contributed by atoms with E-state index in [2.05, 4.69) is 15.3 Å². The summed E-state index contributed by atoms with van der Waals surface area (Å²) in [5.74, 6) is -2.94. The number of aliphatic hydroxyl groups excluding tert-OH is 1. The number of anilines is 1. The Labute approximate surface area is 194 Å². The number of hydrogen-bond donors (Lipinski definition) is 2. The predicted molar refractivity (Wildman–Crippen MR) is 120 cm³/mol. The average Bonchev–Trinajstić information content (AvgIpc) is 3.61. The number of nitrogens with zero attached hydrogens (tertiary/aromatic N) is 2. The molecule has 0 amide bonds. The number of aromatic nitrogens is 2. The molecular weight excluding hydrogens is 451 g/mol. The number of nitrogens with one attached hydrogen (secondary N) is 1. The van der Waals surface area contributed by atoms with Crippen LogP contribution in [-0.2, 0) is 17.2 Å². The van der Waals surface area contributed by atoms with Gasteiger partial charge in [0.25, 0.3) is 5.92 Å². The summed E-state index contributed by atoms with van der Waals surface area (Å²) >= 11 is 0. The number of halogens is 3. The first-order chi connectivity index (χ1) is 16.2. The summed E-state index contributed by atoms with van der Waals surface area (Å²) in [6, 6.07) is 7.13. The smallest absolute Gasteiger partial charge is 0.298 e. The van der Waals surface area contributed by atoms with Gasteiger partial charge in [-0.2, -0.15) is 8.78 Å². The van der Waals surface area contributed by atoms with Gasteiger partial charge in [0.15, 0.2) is 11.5 Å². The van der Waals surface area contributed by atoms with Crippen molar-refractivity contribution in [2.24, 2.45) is 0 Å². The number of fused-ring (bicyclic) bond motifs is 1. The fraction of sp³-hybridized carbons (Fsp3) is 0.417. The standard InChI is InChI=1S/C24H26F3N3O4/c1-14-29-18-10-19(32-2)20(34-13-23(33-3)7-8-23)9-16(18)22(30-14)28-11-15-5-4-6-17(21(15)25)24(26,27)12-31/h4-6,9-10,31H,7-8,11-13H2,1-3H3,(H,28,29,30). The van der Waals surface area contributed by atoms with Crippen molar-refractivity contribution in [2.75, 3.05) is 32.8 Å². The normalized spacial score (nSPS) is 14.8. The van der Waals surface area contributed by atoms with Crippen LogP contribution in [0.4, 0.5) is 19.0 Å². The molecule has 7 nitrogen and oxygen atoms in total. The molecule has 1 saturated carbocycles. The molecule has 4 rings (SSSR count). The van der Waals surface area contributed by atoms with Gasteiger partial charge in [0, 0.05) is 30.7 Å². The largest absolute Gasteiger partial charge is 0.493 e. The number of rotatable bonds is 10.